The summed E-state index contributed by atoms with van der Waals surface area (Å²) in [4.78, 5) is 28.4. The number of ether oxygens (including phenoxy) is 1. The molecule has 0 spiro atoms. The van der Waals surface area contributed by atoms with Gasteiger partial charge in [0.2, 0.25) is 5.91 Å². The van der Waals surface area contributed by atoms with E-state index in [1.54, 1.807) is 12.1 Å². The van der Waals surface area contributed by atoms with Gasteiger partial charge in [0, 0.05) is 0 Å². The Balaban J connectivity index is 1.68. The van der Waals surface area contributed by atoms with Crippen molar-refractivity contribution in [1.82, 2.24) is 4.90 Å². The summed E-state index contributed by atoms with van der Waals surface area (Å²) in [7, 11) is 0. The normalized spacial score (nSPS) is 22.1. The third-order valence-electron chi connectivity index (χ3n) is 4.57. The number of unbranched alkanes of at least 4 members (excludes halogenated alkanes) is 1. The molecule has 1 aromatic carbocycles. The Morgan fingerprint density at radius 3 is 2.48 bits per heavy atom. The highest BCUT2D eigenvalue weighted by molar-refractivity contribution is 6.22. The number of hydrogen-bond acceptors (Lipinski definition) is 4. The van der Waals surface area contributed by atoms with E-state index < -0.39 is 0 Å². The first-order valence-corrected chi connectivity index (χ1v) is 8.54. The standard InChI is InChI=1S/C18H24N2O3/c1-2-3-12-23-15-8-6-14(7-9-15)20-17(21)13-16(18(20)22)19-10-4-5-11-19/h6-9,16H,2-5,10-13H2,1H3. The lowest BCUT2D eigenvalue weighted by Crippen LogP contribution is -2.40. The maximum atomic E-state index is 12.6. The van der Waals surface area contributed by atoms with Gasteiger partial charge in [0.1, 0.15) is 5.75 Å². The Kier molecular flexibility index (Phi) is 4.96. The minimum atomic E-state index is -0.273. The lowest BCUT2D eigenvalue weighted by molar-refractivity contribution is -0.122. The smallest absolute Gasteiger partial charge is 0.251 e. The Bertz CT molecular complexity index is 564. The van der Waals surface area contributed by atoms with Crippen molar-refractivity contribution in [2.75, 3.05) is 24.6 Å². The second-order valence-electron chi connectivity index (χ2n) is 6.23. The molecule has 2 heterocycles. The van der Waals surface area contributed by atoms with Crippen LogP contribution in [-0.4, -0.2) is 42.5 Å². The van der Waals surface area contributed by atoms with Crippen LogP contribution in [0.3, 0.4) is 0 Å². The first-order chi connectivity index (χ1) is 11.2. The number of imide groups is 1. The van der Waals surface area contributed by atoms with Gasteiger partial charge in [0.15, 0.2) is 0 Å². The van der Waals surface area contributed by atoms with Gasteiger partial charge in [0.25, 0.3) is 5.91 Å². The molecule has 1 atom stereocenters. The molecule has 0 aliphatic carbocycles. The number of hydrogen-bond donors (Lipinski definition) is 0. The number of carbonyl (C=O) groups excluding carboxylic acids is 2. The van der Waals surface area contributed by atoms with Crippen molar-refractivity contribution in [2.24, 2.45) is 0 Å². The summed E-state index contributed by atoms with van der Waals surface area (Å²) in [6, 6.07) is 6.97. The Morgan fingerprint density at radius 1 is 1.13 bits per heavy atom. The summed E-state index contributed by atoms with van der Waals surface area (Å²) < 4.78 is 5.62. The molecule has 0 radical (unpaired) electrons. The molecular weight excluding hydrogens is 292 g/mol. The van der Waals surface area contributed by atoms with E-state index in [1.807, 2.05) is 12.1 Å². The van der Waals surface area contributed by atoms with E-state index in [9.17, 15) is 9.59 Å². The number of benzene rings is 1. The zero-order chi connectivity index (χ0) is 16.2. The van der Waals surface area contributed by atoms with E-state index in [4.69, 9.17) is 4.74 Å². The lowest BCUT2D eigenvalue weighted by Gasteiger charge is -2.21. The fourth-order valence-corrected chi connectivity index (χ4v) is 3.25. The Hall–Kier alpha value is -1.88. The van der Waals surface area contributed by atoms with Gasteiger partial charge in [-0.2, -0.15) is 0 Å². The molecule has 1 unspecified atom stereocenters. The van der Waals surface area contributed by atoms with Crippen molar-refractivity contribution in [2.45, 2.75) is 45.1 Å². The van der Waals surface area contributed by atoms with Gasteiger partial charge < -0.3 is 4.74 Å². The number of amides is 2. The van der Waals surface area contributed by atoms with E-state index in [-0.39, 0.29) is 17.9 Å². The van der Waals surface area contributed by atoms with Crippen molar-refractivity contribution in [3.63, 3.8) is 0 Å². The molecule has 0 saturated carbocycles. The van der Waals surface area contributed by atoms with E-state index in [0.29, 0.717) is 18.7 Å². The predicted molar refractivity (Wildman–Crippen MR) is 88.6 cm³/mol. The first kappa shape index (κ1) is 16.0. The van der Waals surface area contributed by atoms with Crippen LogP contribution in [0.15, 0.2) is 24.3 Å². The van der Waals surface area contributed by atoms with E-state index in [0.717, 1.165) is 44.5 Å². The summed E-state index contributed by atoms with van der Waals surface area (Å²) in [5.74, 6) is 0.584. The van der Waals surface area contributed by atoms with Crippen molar-refractivity contribution < 1.29 is 14.3 Å². The molecule has 124 valence electrons. The van der Waals surface area contributed by atoms with Crippen LogP contribution in [0.2, 0.25) is 0 Å². The van der Waals surface area contributed by atoms with Crippen LogP contribution < -0.4 is 9.64 Å². The van der Waals surface area contributed by atoms with Crippen LogP contribution in [0.25, 0.3) is 0 Å². The minimum absolute atomic E-state index is 0.0865. The Morgan fingerprint density at radius 2 is 1.83 bits per heavy atom. The van der Waals surface area contributed by atoms with Crippen LogP contribution in [0, 0.1) is 0 Å². The molecule has 2 saturated heterocycles. The molecule has 2 aliphatic rings. The molecular formula is C18H24N2O3. The average Bonchev–Trinajstić information content (AvgIpc) is 3.17. The largest absolute Gasteiger partial charge is 0.494 e. The maximum absolute atomic E-state index is 12.6. The van der Waals surface area contributed by atoms with Crippen molar-refractivity contribution in [3.05, 3.63) is 24.3 Å². The lowest BCUT2D eigenvalue weighted by atomic mass is 10.2. The molecule has 2 fully saturated rings. The fourth-order valence-electron chi connectivity index (χ4n) is 3.25. The van der Waals surface area contributed by atoms with Gasteiger partial charge in [-0.25, -0.2) is 4.90 Å². The van der Waals surface area contributed by atoms with Crippen LogP contribution in [0.4, 0.5) is 5.69 Å². The number of anilines is 1. The second kappa shape index (κ2) is 7.13. The van der Waals surface area contributed by atoms with Crippen LogP contribution in [0.5, 0.6) is 5.75 Å². The van der Waals surface area contributed by atoms with Crippen molar-refractivity contribution in [1.29, 1.82) is 0 Å². The van der Waals surface area contributed by atoms with Crippen LogP contribution in [0.1, 0.15) is 39.0 Å². The summed E-state index contributed by atoms with van der Waals surface area (Å²) in [6.07, 6.45) is 4.63. The molecule has 2 aliphatic heterocycles. The predicted octanol–water partition coefficient (Wildman–Crippen LogP) is 2.59. The molecule has 0 aromatic heterocycles. The fraction of sp³-hybridized carbons (Fsp3) is 0.556. The molecule has 5 nitrogen and oxygen atoms in total. The number of likely N-dealkylation sites (tertiary alicyclic amines) is 1. The van der Waals surface area contributed by atoms with Crippen LogP contribution in [-0.2, 0) is 9.59 Å². The maximum Gasteiger partial charge on any atom is 0.251 e. The third kappa shape index (κ3) is 3.39. The molecule has 3 rings (SSSR count). The topological polar surface area (TPSA) is 49.9 Å². The molecule has 0 bridgehead atoms. The highest BCUT2D eigenvalue weighted by atomic mass is 16.5. The highest BCUT2D eigenvalue weighted by Crippen LogP contribution is 2.28. The second-order valence-corrected chi connectivity index (χ2v) is 6.23. The van der Waals surface area contributed by atoms with E-state index >= 15 is 0 Å². The molecule has 5 heteroatoms. The van der Waals surface area contributed by atoms with Crippen LogP contribution >= 0.6 is 0 Å². The van der Waals surface area contributed by atoms with Gasteiger partial charge in [-0.3, -0.25) is 14.5 Å². The zero-order valence-corrected chi connectivity index (χ0v) is 13.7. The van der Waals surface area contributed by atoms with E-state index in [2.05, 4.69) is 11.8 Å². The van der Waals surface area contributed by atoms with E-state index in [1.165, 1.54) is 4.90 Å². The zero-order valence-electron chi connectivity index (χ0n) is 13.7. The molecule has 1 aromatic rings. The minimum Gasteiger partial charge on any atom is -0.494 e. The van der Waals surface area contributed by atoms with Gasteiger partial charge in [-0.05, 0) is 56.6 Å². The van der Waals surface area contributed by atoms with Gasteiger partial charge in [-0.1, -0.05) is 13.3 Å². The SMILES string of the molecule is CCCCOc1ccc(N2C(=O)CC(N3CCCC3)C2=O)cc1. The highest BCUT2D eigenvalue weighted by Gasteiger charge is 2.43. The first-order valence-electron chi connectivity index (χ1n) is 8.54. The van der Waals surface area contributed by atoms with Gasteiger partial charge in [0.05, 0.1) is 24.8 Å². The van der Waals surface area contributed by atoms with Crippen molar-refractivity contribution >= 4 is 17.5 Å². The molecule has 23 heavy (non-hydrogen) atoms. The van der Waals surface area contributed by atoms with Gasteiger partial charge >= 0.3 is 0 Å². The summed E-state index contributed by atoms with van der Waals surface area (Å²) >= 11 is 0. The number of nitrogens with zero attached hydrogens (tertiary/aromatic N) is 2. The summed E-state index contributed by atoms with van der Waals surface area (Å²) in [5, 5.41) is 0. The van der Waals surface area contributed by atoms with Gasteiger partial charge in [-0.15, -0.1) is 0 Å². The molecule has 2 amide bonds. The average molecular weight is 316 g/mol. The molecule has 0 N–H and O–H groups in total. The summed E-state index contributed by atoms with van der Waals surface area (Å²) in [6.45, 7) is 4.64. The Labute approximate surface area is 137 Å². The third-order valence-corrected chi connectivity index (χ3v) is 4.57. The summed E-state index contributed by atoms with van der Waals surface area (Å²) in [5.41, 5.74) is 0.643. The number of rotatable bonds is 6. The quantitative estimate of drug-likeness (QED) is 0.598. The number of carbonyl (C=O) groups is 2. The van der Waals surface area contributed by atoms with Crippen molar-refractivity contribution in [3.8, 4) is 5.75 Å². The monoisotopic (exact) mass is 316 g/mol.